The van der Waals surface area contributed by atoms with E-state index in [0.717, 1.165) is 0 Å². The molecule has 5 nitrogen and oxygen atoms in total. The van der Waals surface area contributed by atoms with Crippen molar-refractivity contribution in [3.63, 3.8) is 0 Å². The van der Waals surface area contributed by atoms with Gasteiger partial charge >= 0.3 is 0 Å². The van der Waals surface area contributed by atoms with Crippen molar-refractivity contribution in [1.82, 2.24) is 0 Å². The first-order valence-corrected chi connectivity index (χ1v) is 4.20. The van der Waals surface area contributed by atoms with Gasteiger partial charge in [-0.15, -0.1) is 0 Å². The van der Waals surface area contributed by atoms with Crippen molar-refractivity contribution in [2.75, 3.05) is 5.23 Å². The Morgan fingerprint density at radius 1 is 1.13 bits per heavy atom. The molecule has 1 rings (SSSR count). The summed E-state index contributed by atoms with van der Waals surface area (Å²) in [5, 5.41) is 36.1. The third-order valence-electron chi connectivity index (χ3n) is 1.82. The Kier molecular flexibility index (Phi) is 3.64. The van der Waals surface area contributed by atoms with Crippen molar-refractivity contribution in [3.8, 4) is 12.1 Å². The highest BCUT2D eigenvalue weighted by molar-refractivity contribution is 5.50. The molecule has 0 unspecified atom stereocenters. The molecule has 0 aliphatic heterocycles. The minimum Gasteiger partial charge on any atom is -0.733 e. The Morgan fingerprint density at radius 2 is 1.60 bits per heavy atom. The number of nitriles is 2. The molecular formula is C10H8N3O2-. The molecular weight excluding hydrogens is 194 g/mol. The first-order valence-electron chi connectivity index (χ1n) is 4.20. The summed E-state index contributed by atoms with van der Waals surface area (Å²) in [6, 6.07) is 8.36. The Morgan fingerprint density at radius 3 is 1.93 bits per heavy atom. The molecule has 0 aliphatic rings. The van der Waals surface area contributed by atoms with Crippen LogP contribution in [0.3, 0.4) is 0 Å². The average molecular weight is 202 g/mol. The highest BCUT2D eigenvalue weighted by Crippen LogP contribution is 2.18. The molecule has 5 heteroatoms. The first-order chi connectivity index (χ1) is 7.17. The maximum atomic E-state index is 10.7. The molecule has 0 aromatic heterocycles. The topological polar surface area (TPSA) is 94.1 Å². The lowest BCUT2D eigenvalue weighted by Gasteiger charge is -2.22. The van der Waals surface area contributed by atoms with E-state index in [-0.39, 0.29) is 23.8 Å². The average Bonchev–Trinajstić information content (AvgIpc) is 2.18. The van der Waals surface area contributed by atoms with E-state index in [1.807, 2.05) is 12.1 Å². The second-order valence-corrected chi connectivity index (χ2v) is 2.95. The van der Waals surface area contributed by atoms with E-state index in [1.54, 1.807) is 6.07 Å². The second-order valence-electron chi connectivity index (χ2n) is 2.95. The highest BCUT2D eigenvalue weighted by atomic mass is 16.8. The number of benzene rings is 1. The van der Waals surface area contributed by atoms with Crippen LogP contribution in [0.15, 0.2) is 18.2 Å². The summed E-state index contributed by atoms with van der Waals surface area (Å²) < 4.78 is 0. The number of rotatable bonds is 3. The van der Waals surface area contributed by atoms with Crippen molar-refractivity contribution < 1.29 is 5.21 Å². The van der Waals surface area contributed by atoms with Gasteiger partial charge in [0.2, 0.25) is 0 Å². The quantitative estimate of drug-likeness (QED) is 0.749. The SMILES string of the molecule is N#CCc1cc(CC#N)cc(N([O-])O)c1. The fourth-order valence-corrected chi connectivity index (χ4v) is 1.24. The van der Waals surface area contributed by atoms with Crippen LogP contribution in [0.1, 0.15) is 11.1 Å². The molecule has 0 bridgehead atoms. The molecule has 0 radical (unpaired) electrons. The van der Waals surface area contributed by atoms with Crippen LogP contribution in [0.5, 0.6) is 0 Å². The molecule has 76 valence electrons. The molecule has 1 aromatic carbocycles. The van der Waals surface area contributed by atoms with Crippen molar-refractivity contribution in [3.05, 3.63) is 34.5 Å². The Bertz CT molecular complexity index is 395. The third-order valence-corrected chi connectivity index (χ3v) is 1.82. The molecule has 15 heavy (non-hydrogen) atoms. The van der Waals surface area contributed by atoms with Gasteiger partial charge in [-0.1, -0.05) is 6.07 Å². The first kappa shape index (κ1) is 11.0. The molecule has 0 saturated heterocycles. The van der Waals surface area contributed by atoms with E-state index in [9.17, 15) is 5.21 Å². The number of hydrogen-bond acceptors (Lipinski definition) is 5. The van der Waals surface area contributed by atoms with Crippen LogP contribution in [0.4, 0.5) is 5.69 Å². The van der Waals surface area contributed by atoms with Crippen LogP contribution >= 0.6 is 0 Å². The van der Waals surface area contributed by atoms with Gasteiger partial charge < -0.3 is 10.4 Å². The van der Waals surface area contributed by atoms with Gasteiger partial charge in [0.25, 0.3) is 0 Å². The summed E-state index contributed by atoms with van der Waals surface area (Å²) in [6.07, 6.45) is 0.278. The summed E-state index contributed by atoms with van der Waals surface area (Å²) in [5.41, 5.74) is 1.25. The van der Waals surface area contributed by atoms with Gasteiger partial charge in [0.1, 0.15) is 0 Å². The lowest BCUT2D eigenvalue weighted by molar-refractivity contribution is 0.296. The van der Waals surface area contributed by atoms with Crippen molar-refractivity contribution >= 4 is 5.69 Å². The zero-order valence-corrected chi connectivity index (χ0v) is 7.84. The van der Waals surface area contributed by atoms with E-state index >= 15 is 0 Å². The molecule has 1 aromatic rings. The van der Waals surface area contributed by atoms with Gasteiger partial charge in [0.15, 0.2) is 0 Å². The minimum absolute atomic E-state index is 0.0352. The van der Waals surface area contributed by atoms with Crippen LogP contribution in [-0.4, -0.2) is 5.21 Å². The minimum atomic E-state index is -0.276. The molecule has 0 fully saturated rings. The molecule has 0 atom stereocenters. The summed E-state index contributed by atoms with van der Waals surface area (Å²) >= 11 is 0. The van der Waals surface area contributed by atoms with Gasteiger partial charge in [-0.25, -0.2) is 0 Å². The van der Waals surface area contributed by atoms with Gasteiger partial charge in [-0.2, -0.15) is 10.5 Å². The lowest BCUT2D eigenvalue weighted by atomic mass is 10.1. The maximum Gasteiger partial charge on any atom is 0.0669 e. The third kappa shape index (κ3) is 2.96. The van der Waals surface area contributed by atoms with E-state index in [2.05, 4.69) is 0 Å². The number of nitrogens with zero attached hydrogens (tertiary/aromatic N) is 3. The second kappa shape index (κ2) is 4.97. The van der Waals surface area contributed by atoms with E-state index < -0.39 is 0 Å². The molecule has 0 saturated carbocycles. The van der Waals surface area contributed by atoms with Gasteiger partial charge in [0, 0.05) is 0 Å². The van der Waals surface area contributed by atoms with Crippen LogP contribution < -0.4 is 5.23 Å². The summed E-state index contributed by atoms with van der Waals surface area (Å²) in [5.74, 6) is 0. The molecule has 0 aliphatic carbocycles. The van der Waals surface area contributed by atoms with E-state index in [1.165, 1.54) is 12.1 Å². The summed E-state index contributed by atoms with van der Waals surface area (Å²) in [4.78, 5) is 0. The largest absolute Gasteiger partial charge is 0.733 e. The van der Waals surface area contributed by atoms with Crippen molar-refractivity contribution in [1.29, 1.82) is 10.5 Å². The summed E-state index contributed by atoms with van der Waals surface area (Å²) in [6.45, 7) is 0. The monoisotopic (exact) mass is 202 g/mol. The van der Waals surface area contributed by atoms with Crippen molar-refractivity contribution in [2.24, 2.45) is 0 Å². The molecule has 1 N–H and O–H groups in total. The molecule has 0 amide bonds. The van der Waals surface area contributed by atoms with Crippen molar-refractivity contribution in [2.45, 2.75) is 12.8 Å². The maximum absolute atomic E-state index is 10.7. The highest BCUT2D eigenvalue weighted by Gasteiger charge is 2.01. The van der Waals surface area contributed by atoms with Gasteiger partial charge in [0.05, 0.1) is 30.7 Å². The van der Waals surface area contributed by atoms with Gasteiger partial charge in [-0.3, -0.25) is 5.21 Å². The zero-order chi connectivity index (χ0) is 11.3. The lowest BCUT2D eigenvalue weighted by Crippen LogP contribution is -2.08. The molecule has 0 spiro atoms. The van der Waals surface area contributed by atoms with Crippen LogP contribution in [0, 0.1) is 27.9 Å². The Labute approximate surface area is 86.9 Å². The Hall–Kier alpha value is -2.08. The van der Waals surface area contributed by atoms with Crippen LogP contribution in [0.2, 0.25) is 0 Å². The standard InChI is InChI=1S/C10H8N3O2/c11-3-1-8-5-9(2-4-12)7-10(6-8)13(14)15/h5-7,14H,1-2H2/q-1. The number of anilines is 1. The predicted octanol–water partition coefficient (Wildman–Crippen LogP) is 1.51. The smallest absolute Gasteiger partial charge is 0.0669 e. The van der Waals surface area contributed by atoms with E-state index in [0.29, 0.717) is 11.1 Å². The normalized spacial score (nSPS) is 9.07. The van der Waals surface area contributed by atoms with Crippen LogP contribution in [-0.2, 0) is 12.8 Å². The number of hydrogen-bond donors (Lipinski definition) is 1. The van der Waals surface area contributed by atoms with E-state index in [4.69, 9.17) is 15.7 Å². The van der Waals surface area contributed by atoms with Crippen LogP contribution in [0.25, 0.3) is 0 Å². The fourth-order valence-electron chi connectivity index (χ4n) is 1.24. The zero-order valence-electron chi connectivity index (χ0n) is 7.84. The van der Waals surface area contributed by atoms with Gasteiger partial charge in [-0.05, 0) is 23.3 Å². The molecule has 0 heterocycles. The summed E-state index contributed by atoms with van der Waals surface area (Å²) in [7, 11) is 0. The Balaban J connectivity index is 3.10. The fraction of sp³-hybridized carbons (Fsp3) is 0.200. The predicted molar refractivity (Wildman–Crippen MR) is 52.7 cm³/mol.